The van der Waals surface area contributed by atoms with Crippen LogP contribution in [0.5, 0.6) is 0 Å². The van der Waals surface area contributed by atoms with Crippen LogP contribution in [0.3, 0.4) is 0 Å². The van der Waals surface area contributed by atoms with Gasteiger partial charge in [0.15, 0.2) is 5.82 Å². The molecule has 1 aliphatic heterocycles. The molecule has 0 unspecified atom stereocenters. The molecule has 0 amide bonds. The van der Waals surface area contributed by atoms with E-state index < -0.39 is 10.9 Å². The number of thiophene rings is 1. The third-order valence-corrected chi connectivity index (χ3v) is 5.61. The lowest BCUT2D eigenvalue weighted by molar-refractivity contribution is -0.385. The summed E-state index contributed by atoms with van der Waals surface area (Å²) >= 11 is 1.43. The predicted octanol–water partition coefficient (Wildman–Crippen LogP) is 2.91. The summed E-state index contributed by atoms with van der Waals surface area (Å²) in [5, 5.41) is 29.6. The molecule has 1 aliphatic rings. The Morgan fingerprint density at radius 3 is 2.86 bits per heavy atom. The van der Waals surface area contributed by atoms with Gasteiger partial charge in [-0.2, -0.15) is 0 Å². The highest BCUT2D eigenvalue weighted by Gasteiger charge is 2.28. The highest BCUT2D eigenvalue weighted by Crippen LogP contribution is 2.35. The maximum atomic E-state index is 11.5. The van der Waals surface area contributed by atoms with Gasteiger partial charge >= 0.3 is 5.97 Å². The second kappa shape index (κ2) is 6.97. The molecule has 10 heteroatoms. The van der Waals surface area contributed by atoms with Crippen LogP contribution in [0.2, 0.25) is 0 Å². The van der Waals surface area contributed by atoms with Crippen molar-refractivity contribution in [2.45, 2.75) is 26.3 Å². The average Bonchev–Trinajstić information content (AvgIpc) is 3.20. The number of carbonyl (C=O) groups is 1. The maximum Gasteiger partial charge on any atom is 0.303 e. The van der Waals surface area contributed by atoms with E-state index in [-0.39, 0.29) is 18.7 Å². The van der Waals surface area contributed by atoms with E-state index in [1.165, 1.54) is 17.4 Å². The molecule has 0 fully saturated rings. The Kier molecular flexibility index (Phi) is 4.47. The van der Waals surface area contributed by atoms with Gasteiger partial charge in [-0.05, 0) is 25.5 Å². The zero-order valence-electron chi connectivity index (χ0n) is 14.8. The third kappa shape index (κ3) is 3.07. The summed E-state index contributed by atoms with van der Waals surface area (Å²) in [6.45, 7) is 2.07. The van der Waals surface area contributed by atoms with E-state index >= 15 is 0 Å². The van der Waals surface area contributed by atoms with Crippen molar-refractivity contribution < 1.29 is 14.8 Å². The molecule has 2 aromatic heterocycles. The predicted molar refractivity (Wildman–Crippen MR) is 102 cm³/mol. The third-order valence-electron chi connectivity index (χ3n) is 4.43. The number of benzene rings is 1. The van der Waals surface area contributed by atoms with Crippen LogP contribution in [0.4, 0.5) is 5.69 Å². The fraction of sp³-hybridized carbons (Fsp3) is 0.222. The van der Waals surface area contributed by atoms with Crippen LogP contribution in [0.1, 0.15) is 34.1 Å². The molecule has 28 heavy (non-hydrogen) atoms. The van der Waals surface area contributed by atoms with E-state index in [9.17, 15) is 14.9 Å². The zero-order valence-corrected chi connectivity index (χ0v) is 15.6. The lowest BCUT2D eigenvalue weighted by Gasteiger charge is -2.07. The average molecular weight is 397 g/mol. The van der Waals surface area contributed by atoms with Crippen LogP contribution in [-0.4, -0.2) is 36.5 Å². The smallest absolute Gasteiger partial charge is 0.303 e. The number of carboxylic acids is 1. The van der Waals surface area contributed by atoms with E-state index in [1.807, 2.05) is 17.6 Å². The highest BCUT2D eigenvalue weighted by atomic mass is 32.1. The van der Waals surface area contributed by atoms with Crippen molar-refractivity contribution in [2.75, 3.05) is 0 Å². The lowest BCUT2D eigenvalue weighted by Crippen LogP contribution is -2.08. The summed E-state index contributed by atoms with van der Waals surface area (Å²) in [5.74, 6) is 0.443. The molecule has 1 N–H and O–H groups in total. The summed E-state index contributed by atoms with van der Waals surface area (Å²) in [6, 6.07) is 8.34. The van der Waals surface area contributed by atoms with Gasteiger partial charge in [0.2, 0.25) is 0 Å². The molecule has 0 atom stereocenters. The zero-order chi connectivity index (χ0) is 19.8. The van der Waals surface area contributed by atoms with Gasteiger partial charge in [0, 0.05) is 16.5 Å². The van der Waals surface area contributed by atoms with Crippen molar-refractivity contribution in [1.82, 2.24) is 14.8 Å². The first-order chi connectivity index (χ1) is 13.5. The van der Waals surface area contributed by atoms with Crippen LogP contribution in [0.15, 0.2) is 35.3 Å². The second-order valence-corrected chi connectivity index (χ2v) is 7.38. The Morgan fingerprint density at radius 2 is 2.11 bits per heavy atom. The largest absolute Gasteiger partial charge is 0.481 e. The number of carboxylic acid groups (broad SMARTS) is 1. The van der Waals surface area contributed by atoms with E-state index in [1.54, 1.807) is 18.2 Å². The Morgan fingerprint density at radius 1 is 1.32 bits per heavy atom. The van der Waals surface area contributed by atoms with E-state index in [4.69, 9.17) is 5.11 Å². The van der Waals surface area contributed by atoms with Gasteiger partial charge in [0.1, 0.15) is 17.4 Å². The molecule has 3 aromatic rings. The number of hydrogen-bond acceptors (Lipinski definition) is 7. The monoisotopic (exact) mass is 397 g/mol. The number of aryl methyl sites for hydroxylation is 2. The van der Waals surface area contributed by atoms with Crippen molar-refractivity contribution in [1.29, 1.82) is 0 Å². The van der Waals surface area contributed by atoms with Crippen molar-refractivity contribution in [3.05, 3.63) is 68.1 Å². The van der Waals surface area contributed by atoms with Crippen molar-refractivity contribution >= 4 is 28.7 Å². The van der Waals surface area contributed by atoms with Crippen LogP contribution in [-0.2, 0) is 17.8 Å². The fourth-order valence-electron chi connectivity index (χ4n) is 3.19. The first-order valence-electron chi connectivity index (χ1n) is 8.50. The first kappa shape index (κ1) is 18.0. The van der Waals surface area contributed by atoms with Gasteiger partial charge in [-0.15, -0.1) is 21.5 Å². The molecule has 1 aromatic carbocycles. The summed E-state index contributed by atoms with van der Waals surface area (Å²) in [6.07, 6.45) is 0.374. The summed E-state index contributed by atoms with van der Waals surface area (Å²) < 4.78 is 1.88. The van der Waals surface area contributed by atoms with Crippen LogP contribution in [0, 0.1) is 17.0 Å². The molecule has 0 saturated carbocycles. The SMILES string of the molecule is Cc1nnc2n1-c1sc(CCC(=O)O)cc1C(c1ccccc1[N+](=O)[O-])=NC2. The van der Waals surface area contributed by atoms with Gasteiger partial charge < -0.3 is 5.11 Å². The van der Waals surface area contributed by atoms with E-state index in [0.717, 1.165) is 15.4 Å². The molecule has 3 heterocycles. The first-order valence-corrected chi connectivity index (χ1v) is 9.31. The van der Waals surface area contributed by atoms with Gasteiger partial charge in [-0.25, -0.2) is 0 Å². The molecule has 0 bridgehead atoms. The number of nitro benzene ring substituents is 1. The van der Waals surface area contributed by atoms with Crippen LogP contribution in [0.25, 0.3) is 5.00 Å². The Hall–Kier alpha value is -3.40. The lowest BCUT2D eigenvalue weighted by atomic mass is 10.0. The minimum absolute atomic E-state index is 0.00533. The summed E-state index contributed by atoms with van der Waals surface area (Å²) in [5.41, 5.74) is 1.62. The quantitative estimate of drug-likeness (QED) is 0.521. The van der Waals surface area contributed by atoms with Crippen molar-refractivity contribution in [3.63, 3.8) is 0 Å². The molecular formula is C18H15N5O4S. The Bertz CT molecular complexity index is 1130. The summed E-state index contributed by atoms with van der Waals surface area (Å²) in [7, 11) is 0. The number of fused-ring (bicyclic) bond motifs is 3. The van der Waals surface area contributed by atoms with Crippen molar-refractivity contribution in [3.8, 4) is 5.00 Å². The standard InChI is InChI=1S/C18H15N5O4S/c1-10-20-21-15-9-19-17(12-4-2-3-5-14(12)23(26)27)13-8-11(6-7-16(24)25)28-18(13)22(10)15/h2-5,8H,6-7,9H2,1H3,(H,24,25). The Balaban J connectivity index is 1.91. The van der Waals surface area contributed by atoms with Gasteiger partial charge in [0.05, 0.1) is 22.6 Å². The molecule has 0 radical (unpaired) electrons. The van der Waals surface area contributed by atoms with Crippen LogP contribution < -0.4 is 0 Å². The minimum Gasteiger partial charge on any atom is -0.481 e. The number of aliphatic imine (C=N–C) groups is 1. The number of para-hydroxylation sites is 1. The molecule has 142 valence electrons. The molecule has 4 rings (SSSR count). The van der Waals surface area contributed by atoms with Gasteiger partial charge in [-0.3, -0.25) is 24.5 Å². The molecule has 0 spiro atoms. The highest BCUT2D eigenvalue weighted by molar-refractivity contribution is 7.15. The van der Waals surface area contributed by atoms with Gasteiger partial charge in [-0.1, -0.05) is 12.1 Å². The number of nitrogens with zero attached hydrogens (tertiary/aromatic N) is 5. The summed E-state index contributed by atoms with van der Waals surface area (Å²) in [4.78, 5) is 27.6. The molecule has 9 nitrogen and oxygen atoms in total. The Labute approximate surface area is 163 Å². The number of nitro groups is 1. The number of rotatable bonds is 5. The topological polar surface area (TPSA) is 124 Å². The van der Waals surface area contributed by atoms with Gasteiger partial charge in [0.25, 0.3) is 5.69 Å². The van der Waals surface area contributed by atoms with E-state index in [2.05, 4.69) is 15.2 Å². The van der Waals surface area contributed by atoms with Crippen LogP contribution >= 0.6 is 11.3 Å². The molecular weight excluding hydrogens is 382 g/mol. The second-order valence-electron chi connectivity index (χ2n) is 6.26. The van der Waals surface area contributed by atoms with Crippen molar-refractivity contribution in [2.24, 2.45) is 4.99 Å². The normalized spacial score (nSPS) is 12.7. The maximum absolute atomic E-state index is 11.5. The number of aliphatic carboxylic acids is 1. The fourth-order valence-corrected chi connectivity index (χ4v) is 4.42. The number of aromatic nitrogens is 3. The molecule has 0 saturated heterocycles. The minimum atomic E-state index is -0.877. The van der Waals surface area contributed by atoms with E-state index in [0.29, 0.717) is 29.3 Å². The number of hydrogen-bond donors (Lipinski definition) is 1. The molecule has 0 aliphatic carbocycles.